The Morgan fingerprint density at radius 2 is 2.36 bits per heavy atom. The van der Waals surface area contributed by atoms with Crippen LogP contribution in [0.3, 0.4) is 0 Å². The molecule has 2 aromatic rings. The number of hydrogen-bond donors (Lipinski definition) is 3. The van der Waals surface area contributed by atoms with Crippen LogP contribution < -0.4 is 10.5 Å². The largest absolute Gasteiger partial charge is 0.476 e. The minimum absolute atomic E-state index is 0.0846. The van der Waals surface area contributed by atoms with Gasteiger partial charge in [-0.1, -0.05) is 6.58 Å². The molecule has 10 heteroatoms. The summed E-state index contributed by atoms with van der Waals surface area (Å²) in [5, 5.41) is 19.5. The van der Waals surface area contributed by atoms with Crippen molar-refractivity contribution in [3.8, 4) is 5.88 Å². The van der Waals surface area contributed by atoms with E-state index < -0.39 is 30.7 Å². The average molecular weight is 351 g/mol. The Labute approximate surface area is 142 Å². The molecule has 0 aliphatic carbocycles. The molecular formula is C15H18FN5O4. The zero-order chi connectivity index (χ0) is 18.2. The lowest BCUT2D eigenvalue weighted by Crippen LogP contribution is -2.41. The van der Waals surface area contributed by atoms with E-state index in [1.54, 1.807) is 6.92 Å². The Balaban J connectivity index is 2.16. The van der Waals surface area contributed by atoms with Gasteiger partial charge >= 0.3 is 0 Å². The highest BCUT2D eigenvalue weighted by atomic mass is 19.1. The first-order valence-corrected chi connectivity index (χ1v) is 7.59. The van der Waals surface area contributed by atoms with E-state index >= 15 is 4.39 Å². The SMILES string of the molecule is C=C=C[C@@]1(F)[C@H](O)[C@@H](CO)O[C@H]1n1cnc2c(OCC)nc(N)nc21. The molecule has 0 unspecified atom stereocenters. The van der Waals surface area contributed by atoms with E-state index in [0.29, 0.717) is 6.61 Å². The monoisotopic (exact) mass is 351 g/mol. The van der Waals surface area contributed by atoms with Crippen molar-refractivity contribution in [1.29, 1.82) is 0 Å². The number of alkyl halides is 1. The van der Waals surface area contributed by atoms with Crippen molar-refractivity contribution in [3.63, 3.8) is 0 Å². The van der Waals surface area contributed by atoms with Gasteiger partial charge in [0.15, 0.2) is 17.4 Å². The van der Waals surface area contributed by atoms with Gasteiger partial charge in [-0.15, -0.1) is 5.73 Å². The standard InChI is InChI=1S/C15H18FN5O4/c1-3-5-15(16)10(23)8(6-22)25-13(15)21-7-18-9-11(21)19-14(17)20-12(9)24-4-2/h5,7-8,10,13,22-23H,1,4,6H2,2H3,(H2,17,19,20)/t8-,10-,13-,15-/m1/s1. The van der Waals surface area contributed by atoms with Crippen molar-refractivity contribution >= 4 is 17.1 Å². The molecule has 134 valence electrons. The first-order chi connectivity index (χ1) is 12.0. The first kappa shape index (κ1) is 17.3. The van der Waals surface area contributed by atoms with Crippen LogP contribution in [0.4, 0.5) is 10.3 Å². The number of fused-ring (bicyclic) bond motifs is 1. The summed E-state index contributed by atoms with van der Waals surface area (Å²) in [5.74, 6) is 0.0726. The Kier molecular flexibility index (Phi) is 4.44. The second-order valence-corrected chi connectivity index (χ2v) is 5.47. The molecular weight excluding hydrogens is 333 g/mol. The molecule has 4 N–H and O–H groups in total. The van der Waals surface area contributed by atoms with Gasteiger partial charge in [-0.2, -0.15) is 9.97 Å². The van der Waals surface area contributed by atoms with Crippen LogP contribution in [0.2, 0.25) is 0 Å². The molecule has 0 saturated carbocycles. The molecule has 1 aliphatic heterocycles. The van der Waals surface area contributed by atoms with Gasteiger partial charge in [-0.3, -0.25) is 4.57 Å². The van der Waals surface area contributed by atoms with Crippen LogP contribution in [0.5, 0.6) is 5.88 Å². The second-order valence-electron chi connectivity index (χ2n) is 5.47. The molecule has 1 aliphatic rings. The van der Waals surface area contributed by atoms with Crippen molar-refractivity contribution in [1.82, 2.24) is 19.5 Å². The van der Waals surface area contributed by atoms with Gasteiger partial charge in [0.2, 0.25) is 17.5 Å². The van der Waals surface area contributed by atoms with E-state index in [9.17, 15) is 10.2 Å². The number of imidazole rings is 1. The molecule has 0 aromatic carbocycles. The lowest BCUT2D eigenvalue weighted by molar-refractivity contribution is -0.0515. The summed E-state index contributed by atoms with van der Waals surface area (Å²) in [4.78, 5) is 12.2. The maximum absolute atomic E-state index is 15.4. The third kappa shape index (κ3) is 2.65. The van der Waals surface area contributed by atoms with Gasteiger partial charge in [0.25, 0.3) is 0 Å². The number of rotatable bonds is 5. The van der Waals surface area contributed by atoms with Crippen LogP contribution >= 0.6 is 0 Å². The van der Waals surface area contributed by atoms with E-state index in [0.717, 1.165) is 6.08 Å². The highest BCUT2D eigenvalue weighted by Crippen LogP contribution is 2.43. The normalized spacial score (nSPS) is 28.9. The molecule has 4 atom stereocenters. The average Bonchev–Trinajstić information content (AvgIpc) is 3.08. The van der Waals surface area contributed by atoms with Crippen LogP contribution in [0, 0.1) is 0 Å². The molecule has 0 radical (unpaired) electrons. The van der Waals surface area contributed by atoms with Crippen molar-refractivity contribution in [2.75, 3.05) is 18.9 Å². The Morgan fingerprint density at radius 1 is 1.60 bits per heavy atom. The summed E-state index contributed by atoms with van der Waals surface area (Å²) < 4.78 is 27.6. The summed E-state index contributed by atoms with van der Waals surface area (Å²) in [7, 11) is 0. The number of nitrogens with zero attached hydrogens (tertiary/aromatic N) is 4. The summed E-state index contributed by atoms with van der Waals surface area (Å²) in [6.45, 7) is 4.88. The molecule has 0 amide bonds. The van der Waals surface area contributed by atoms with Crippen molar-refractivity contribution in [3.05, 3.63) is 24.7 Å². The molecule has 2 aromatic heterocycles. The minimum atomic E-state index is -2.39. The molecule has 3 heterocycles. The minimum Gasteiger partial charge on any atom is -0.476 e. The molecule has 1 saturated heterocycles. The lowest BCUT2D eigenvalue weighted by Gasteiger charge is -2.25. The van der Waals surface area contributed by atoms with Crippen molar-refractivity contribution < 1.29 is 24.1 Å². The van der Waals surface area contributed by atoms with Crippen LogP contribution in [0.1, 0.15) is 13.2 Å². The van der Waals surface area contributed by atoms with Crippen molar-refractivity contribution in [2.24, 2.45) is 0 Å². The number of aliphatic hydroxyl groups is 2. The van der Waals surface area contributed by atoms with Gasteiger partial charge < -0.3 is 25.4 Å². The highest BCUT2D eigenvalue weighted by Gasteiger charge is 2.57. The van der Waals surface area contributed by atoms with Crippen LogP contribution in [0.15, 0.2) is 24.7 Å². The lowest BCUT2D eigenvalue weighted by atomic mass is 9.96. The van der Waals surface area contributed by atoms with Gasteiger partial charge in [-0.05, 0) is 6.92 Å². The third-order valence-corrected chi connectivity index (χ3v) is 3.93. The predicted molar refractivity (Wildman–Crippen MR) is 85.5 cm³/mol. The van der Waals surface area contributed by atoms with Gasteiger partial charge in [0.1, 0.15) is 12.2 Å². The molecule has 0 spiro atoms. The topological polar surface area (TPSA) is 129 Å². The van der Waals surface area contributed by atoms with Crippen LogP contribution in [-0.2, 0) is 4.74 Å². The quantitative estimate of drug-likeness (QED) is 0.647. The summed E-state index contributed by atoms with van der Waals surface area (Å²) in [6, 6.07) is 0. The van der Waals surface area contributed by atoms with E-state index in [-0.39, 0.29) is 23.0 Å². The maximum Gasteiger partial charge on any atom is 0.247 e. The molecule has 3 rings (SSSR count). The molecule has 0 bridgehead atoms. The number of nitrogens with two attached hydrogens (primary N) is 1. The van der Waals surface area contributed by atoms with E-state index in [1.165, 1.54) is 10.9 Å². The smallest absolute Gasteiger partial charge is 0.247 e. The predicted octanol–water partition coefficient (Wildman–Crippen LogP) is 0.107. The van der Waals surface area contributed by atoms with Gasteiger partial charge in [0, 0.05) is 6.08 Å². The fraction of sp³-hybridized carbons (Fsp3) is 0.467. The summed E-state index contributed by atoms with van der Waals surface area (Å²) in [6.07, 6.45) is -1.88. The first-order valence-electron chi connectivity index (χ1n) is 7.59. The second kappa shape index (κ2) is 6.41. The Hall–Kier alpha value is -2.52. The number of aromatic nitrogens is 4. The number of hydrogen-bond acceptors (Lipinski definition) is 8. The number of ether oxygens (including phenoxy) is 2. The number of nitrogen functional groups attached to an aromatic ring is 1. The third-order valence-electron chi connectivity index (χ3n) is 3.93. The Bertz CT molecular complexity index is 837. The van der Waals surface area contributed by atoms with Gasteiger partial charge in [0.05, 0.1) is 19.5 Å². The molecule has 1 fully saturated rings. The fourth-order valence-corrected chi connectivity index (χ4v) is 2.83. The summed E-state index contributed by atoms with van der Waals surface area (Å²) in [5.41, 5.74) is 6.06. The zero-order valence-corrected chi connectivity index (χ0v) is 13.5. The molecule has 9 nitrogen and oxygen atoms in total. The van der Waals surface area contributed by atoms with Crippen molar-refractivity contribution in [2.45, 2.75) is 31.0 Å². The van der Waals surface area contributed by atoms with Crippen LogP contribution in [0.25, 0.3) is 11.2 Å². The number of aliphatic hydroxyl groups excluding tert-OH is 2. The number of anilines is 1. The van der Waals surface area contributed by atoms with E-state index in [1.807, 2.05) is 0 Å². The number of halogens is 1. The van der Waals surface area contributed by atoms with Crippen LogP contribution in [-0.4, -0.2) is 60.8 Å². The molecule has 25 heavy (non-hydrogen) atoms. The van der Waals surface area contributed by atoms with E-state index in [4.69, 9.17) is 15.2 Å². The Morgan fingerprint density at radius 3 is 3.00 bits per heavy atom. The van der Waals surface area contributed by atoms with E-state index in [2.05, 4.69) is 27.3 Å². The maximum atomic E-state index is 15.4. The fourth-order valence-electron chi connectivity index (χ4n) is 2.83. The summed E-state index contributed by atoms with van der Waals surface area (Å²) >= 11 is 0. The highest BCUT2D eigenvalue weighted by molar-refractivity contribution is 5.77. The zero-order valence-electron chi connectivity index (χ0n) is 13.5. The van der Waals surface area contributed by atoms with Gasteiger partial charge in [-0.25, -0.2) is 9.37 Å².